The molecular formula is C19H30N2O. The van der Waals surface area contributed by atoms with Crippen molar-refractivity contribution in [2.45, 2.75) is 52.5 Å². The molecule has 1 heterocycles. The number of nitrogens with two attached hydrogens (primary N) is 1. The Hall–Kier alpha value is -1.61. The van der Waals surface area contributed by atoms with Gasteiger partial charge in [0.2, 0.25) is 0 Å². The van der Waals surface area contributed by atoms with E-state index < -0.39 is 0 Å². The lowest BCUT2D eigenvalue weighted by Gasteiger charge is -2.18. The van der Waals surface area contributed by atoms with E-state index in [0.29, 0.717) is 6.04 Å². The maximum Gasteiger partial charge on any atom is 0.0543 e. The fraction of sp³-hybridized carbons (Fsp3) is 0.526. The molecule has 2 N–H and O–H groups in total. The summed E-state index contributed by atoms with van der Waals surface area (Å²) in [6.45, 7) is 7.98. The van der Waals surface area contributed by atoms with Gasteiger partial charge in [0.1, 0.15) is 0 Å². The topological polar surface area (TPSA) is 47.6 Å². The summed E-state index contributed by atoms with van der Waals surface area (Å²) < 4.78 is 5.35. The molecule has 0 atom stereocenters. The molecule has 1 fully saturated rings. The van der Waals surface area contributed by atoms with Gasteiger partial charge in [0.05, 0.1) is 6.04 Å². The van der Waals surface area contributed by atoms with Gasteiger partial charge in [-0.25, -0.2) is 0 Å². The fourth-order valence-corrected chi connectivity index (χ4v) is 2.14. The van der Waals surface area contributed by atoms with Gasteiger partial charge in [-0.3, -0.25) is 4.99 Å². The van der Waals surface area contributed by atoms with Crippen LogP contribution in [0.25, 0.3) is 0 Å². The molecule has 0 unspecified atom stereocenters. The lowest BCUT2D eigenvalue weighted by molar-refractivity contribution is 0.0872. The number of nitrogens with zero attached hydrogens (tertiary/aromatic N) is 1. The Morgan fingerprint density at radius 2 is 1.95 bits per heavy atom. The van der Waals surface area contributed by atoms with Crippen molar-refractivity contribution in [3.8, 4) is 0 Å². The molecule has 0 spiro atoms. The van der Waals surface area contributed by atoms with Gasteiger partial charge in [-0.1, -0.05) is 43.2 Å². The number of unbranched alkanes of at least 4 members (excludes halogenated alkanes) is 1. The zero-order valence-electron chi connectivity index (χ0n) is 14.2. The van der Waals surface area contributed by atoms with E-state index in [0.717, 1.165) is 43.6 Å². The Kier molecular flexibility index (Phi) is 9.24. The van der Waals surface area contributed by atoms with Gasteiger partial charge in [0, 0.05) is 31.2 Å². The number of aliphatic imine (C=N–C) groups is 1. The molecule has 22 heavy (non-hydrogen) atoms. The van der Waals surface area contributed by atoms with Crippen LogP contribution in [0.1, 0.15) is 46.5 Å². The first kappa shape index (κ1) is 18.4. The quantitative estimate of drug-likeness (QED) is 0.562. The molecule has 0 radical (unpaired) electrons. The Morgan fingerprint density at radius 3 is 2.59 bits per heavy atom. The van der Waals surface area contributed by atoms with Crippen LogP contribution in [-0.4, -0.2) is 25.5 Å². The summed E-state index contributed by atoms with van der Waals surface area (Å²) in [5, 5.41) is 0. The minimum atomic E-state index is 0.366. The molecular weight excluding hydrogens is 272 g/mol. The highest BCUT2D eigenvalue weighted by molar-refractivity contribution is 5.84. The van der Waals surface area contributed by atoms with Crippen LogP contribution in [0.2, 0.25) is 0 Å². The third kappa shape index (κ3) is 7.41. The summed E-state index contributed by atoms with van der Waals surface area (Å²) in [6.07, 6.45) is 16.4. The SMILES string of the molecule is CCC/C=C/C(C)=C/C=C(C)/C(C=NC1CCOCC1)=C/N. The summed E-state index contributed by atoms with van der Waals surface area (Å²) in [4.78, 5) is 4.63. The summed E-state index contributed by atoms with van der Waals surface area (Å²) >= 11 is 0. The van der Waals surface area contributed by atoms with E-state index in [-0.39, 0.29) is 0 Å². The molecule has 1 saturated heterocycles. The first-order valence-electron chi connectivity index (χ1n) is 8.22. The van der Waals surface area contributed by atoms with Crippen molar-refractivity contribution in [2.75, 3.05) is 13.2 Å². The molecule has 0 saturated carbocycles. The average Bonchev–Trinajstić information content (AvgIpc) is 2.54. The van der Waals surface area contributed by atoms with Crippen molar-refractivity contribution in [1.82, 2.24) is 0 Å². The average molecular weight is 302 g/mol. The molecule has 0 amide bonds. The van der Waals surface area contributed by atoms with Gasteiger partial charge in [-0.05, 0) is 38.7 Å². The van der Waals surface area contributed by atoms with Crippen LogP contribution in [0.4, 0.5) is 0 Å². The highest BCUT2D eigenvalue weighted by Crippen LogP contribution is 2.12. The van der Waals surface area contributed by atoms with Gasteiger partial charge in [-0.2, -0.15) is 0 Å². The molecule has 1 aliphatic heterocycles. The van der Waals surface area contributed by atoms with Crippen LogP contribution in [0.15, 0.2) is 52.2 Å². The van der Waals surface area contributed by atoms with Crippen LogP contribution in [0, 0.1) is 0 Å². The largest absolute Gasteiger partial charge is 0.404 e. The Labute approximate surface area is 135 Å². The van der Waals surface area contributed by atoms with Gasteiger partial charge < -0.3 is 10.5 Å². The first-order chi connectivity index (χ1) is 10.7. The number of ether oxygens (including phenoxy) is 1. The van der Waals surface area contributed by atoms with Crippen molar-refractivity contribution in [2.24, 2.45) is 10.7 Å². The van der Waals surface area contributed by atoms with Crippen molar-refractivity contribution in [3.63, 3.8) is 0 Å². The second-order valence-electron chi connectivity index (χ2n) is 5.70. The zero-order valence-corrected chi connectivity index (χ0v) is 14.2. The number of rotatable bonds is 7. The Morgan fingerprint density at radius 1 is 1.23 bits per heavy atom. The van der Waals surface area contributed by atoms with Crippen LogP contribution in [0.5, 0.6) is 0 Å². The van der Waals surface area contributed by atoms with E-state index in [1.807, 2.05) is 6.21 Å². The molecule has 3 nitrogen and oxygen atoms in total. The maximum atomic E-state index is 5.74. The van der Waals surface area contributed by atoms with Crippen molar-refractivity contribution >= 4 is 6.21 Å². The second kappa shape index (κ2) is 11.0. The monoisotopic (exact) mass is 302 g/mol. The highest BCUT2D eigenvalue weighted by atomic mass is 16.5. The molecule has 1 rings (SSSR count). The number of allylic oxidation sites excluding steroid dienone is 7. The summed E-state index contributed by atoms with van der Waals surface area (Å²) in [7, 11) is 0. The number of hydrogen-bond donors (Lipinski definition) is 1. The third-order valence-electron chi connectivity index (χ3n) is 3.68. The molecule has 0 aromatic carbocycles. The summed E-state index contributed by atoms with van der Waals surface area (Å²) in [6, 6.07) is 0.366. The van der Waals surface area contributed by atoms with E-state index in [2.05, 4.69) is 50.1 Å². The van der Waals surface area contributed by atoms with Gasteiger partial charge in [-0.15, -0.1) is 0 Å². The zero-order chi connectivity index (χ0) is 16.2. The van der Waals surface area contributed by atoms with Crippen molar-refractivity contribution in [1.29, 1.82) is 0 Å². The molecule has 0 aromatic heterocycles. The maximum absolute atomic E-state index is 5.74. The smallest absolute Gasteiger partial charge is 0.0543 e. The number of hydrogen-bond acceptors (Lipinski definition) is 3. The molecule has 0 aliphatic carbocycles. The second-order valence-corrected chi connectivity index (χ2v) is 5.70. The summed E-state index contributed by atoms with van der Waals surface area (Å²) in [5.74, 6) is 0. The van der Waals surface area contributed by atoms with Crippen LogP contribution in [0.3, 0.4) is 0 Å². The van der Waals surface area contributed by atoms with E-state index in [1.165, 1.54) is 12.0 Å². The molecule has 1 aliphatic rings. The van der Waals surface area contributed by atoms with E-state index in [4.69, 9.17) is 10.5 Å². The van der Waals surface area contributed by atoms with E-state index in [9.17, 15) is 0 Å². The first-order valence-corrected chi connectivity index (χ1v) is 8.22. The Balaban J connectivity index is 2.63. The molecule has 0 bridgehead atoms. The van der Waals surface area contributed by atoms with Crippen molar-refractivity contribution in [3.05, 3.63) is 47.2 Å². The standard InChI is InChI=1S/C19H30N2O/c1-4-5-6-7-16(2)8-9-17(3)18(14-20)15-21-19-10-12-22-13-11-19/h6-9,14-15,19H,4-5,10-13,20H2,1-3H3/b7-6+,16-8+,17-9+,18-14+,21-15?. The third-order valence-corrected chi connectivity index (χ3v) is 3.68. The molecule has 0 aromatic rings. The van der Waals surface area contributed by atoms with Gasteiger partial charge in [0.15, 0.2) is 0 Å². The predicted molar refractivity (Wildman–Crippen MR) is 96.2 cm³/mol. The molecule has 122 valence electrons. The lowest BCUT2D eigenvalue weighted by Crippen LogP contribution is -2.18. The lowest BCUT2D eigenvalue weighted by atomic mass is 10.1. The van der Waals surface area contributed by atoms with E-state index >= 15 is 0 Å². The summed E-state index contributed by atoms with van der Waals surface area (Å²) in [5.41, 5.74) is 9.09. The van der Waals surface area contributed by atoms with E-state index in [1.54, 1.807) is 6.20 Å². The highest BCUT2D eigenvalue weighted by Gasteiger charge is 2.11. The normalized spacial score (nSPS) is 19.5. The van der Waals surface area contributed by atoms with Gasteiger partial charge >= 0.3 is 0 Å². The van der Waals surface area contributed by atoms with Crippen LogP contribution < -0.4 is 5.73 Å². The minimum absolute atomic E-state index is 0.366. The van der Waals surface area contributed by atoms with Crippen LogP contribution >= 0.6 is 0 Å². The fourth-order valence-electron chi connectivity index (χ4n) is 2.14. The van der Waals surface area contributed by atoms with Crippen molar-refractivity contribution < 1.29 is 4.74 Å². The Bertz CT molecular complexity index is 464. The predicted octanol–water partition coefficient (Wildman–Crippen LogP) is 4.33. The molecule has 3 heteroatoms. The van der Waals surface area contributed by atoms with Crippen LogP contribution in [-0.2, 0) is 4.74 Å². The van der Waals surface area contributed by atoms with Gasteiger partial charge in [0.25, 0.3) is 0 Å². The minimum Gasteiger partial charge on any atom is -0.404 e.